The molecule has 0 bridgehead atoms. The summed E-state index contributed by atoms with van der Waals surface area (Å²) in [6, 6.07) is 0. The minimum atomic E-state index is -0.637. The minimum absolute atomic E-state index is 0.308. The predicted octanol–water partition coefficient (Wildman–Crippen LogP) is 0.891. The molecule has 0 amide bonds. The van der Waals surface area contributed by atoms with E-state index in [9.17, 15) is 4.79 Å². The zero-order valence-corrected chi connectivity index (χ0v) is 6.80. The van der Waals surface area contributed by atoms with E-state index in [1.165, 1.54) is 0 Å². The van der Waals surface area contributed by atoms with E-state index in [1.54, 1.807) is 6.92 Å². The maximum atomic E-state index is 10.9. The number of halogens is 1. The Morgan fingerprint density at radius 1 is 2.00 bits per heavy atom. The third-order valence-electron chi connectivity index (χ3n) is 1.18. The Bertz CT molecular complexity index is 192. The molecule has 0 N–H and O–H groups in total. The highest BCUT2D eigenvalue weighted by molar-refractivity contribution is 6.65. The summed E-state index contributed by atoms with van der Waals surface area (Å²) in [5.41, 5.74) is 0. The highest BCUT2D eigenvalue weighted by atomic mass is 35.5. The van der Waals surface area contributed by atoms with Gasteiger partial charge in [-0.3, -0.25) is 0 Å². The number of nitrogens with zero attached hydrogens (tertiary/aromatic N) is 1. The zero-order chi connectivity index (χ0) is 8.27. The first-order valence-corrected chi connectivity index (χ1v) is 3.66. The summed E-state index contributed by atoms with van der Waals surface area (Å²) in [6.45, 7) is 2.08. The largest absolute Gasteiger partial charge is 0.463 e. The average molecular weight is 178 g/mol. The first-order chi connectivity index (χ1) is 5.24. The Labute approximate surface area is 69.1 Å². The van der Waals surface area contributed by atoms with E-state index in [1.807, 2.05) is 0 Å². The van der Waals surface area contributed by atoms with Gasteiger partial charge >= 0.3 is 5.97 Å². The van der Waals surface area contributed by atoms with E-state index in [2.05, 4.69) is 14.7 Å². The average Bonchev–Trinajstić information content (AvgIpc) is 2.36. The lowest BCUT2D eigenvalue weighted by Crippen LogP contribution is -2.22. The van der Waals surface area contributed by atoms with Gasteiger partial charge in [0, 0.05) is 0 Å². The summed E-state index contributed by atoms with van der Waals surface area (Å²) in [7, 11) is 0. The molecule has 0 aromatic carbocycles. The lowest BCUT2D eigenvalue weighted by atomic mass is 10.3. The molecule has 0 aromatic heterocycles. The van der Waals surface area contributed by atoms with Crippen LogP contribution in [0.2, 0.25) is 0 Å². The number of carbonyl (C=O) groups is 1. The van der Waals surface area contributed by atoms with E-state index in [0.29, 0.717) is 18.2 Å². The molecule has 62 valence electrons. The topological polar surface area (TPSA) is 47.9 Å². The quantitative estimate of drug-likeness (QED) is 0.589. The molecule has 0 saturated heterocycles. The number of oxime groups is 1. The van der Waals surface area contributed by atoms with Crippen molar-refractivity contribution in [3.63, 3.8) is 0 Å². The van der Waals surface area contributed by atoms with Crippen molar-refractivity contribution >= 4 is 22.7 Å². The van der Waals surface area contributed by atoms with Crippen LogP contribution in [-0.2, 0) is 14.4 Å². The van der Waals surface area contributed by atoms with Crippen molar-refractivity contribution < 1.29 is 14.4 Å². The number of ether oxygens (including phenoxy) is 1. The first kappa shape index (κ1) is 8.33. The lowest BCUT2D eigenvalue weighted by Gasteiger charge is -2.05. The number of esters is 1. The molecule has 1 rings (SSSR count). The van der Waals surface area contributed by atoms with Crippen molar-refractivity contribution in [2.75, 3.05) is 6.61 Å². The van der Waals surface area contributed by atoms with Crippen LogP contribution in [0.3, 0.4) is 0 Å². The van der Waals surface area contributed by atoms with E-state index >= 15 is 0 Å². The number of rotatable bonds is 2. The fourth-order valence-corrected chi connectivity index (χ4v) is 0.890. The molecule has 0 radical (unpaired) electrons. The van der Waals surface area contributed by atoms with Crippen molar-refractivity contribution in [2.45, 2.75) is 19.4 Å². The van der Waals surface area contributed by atoms with Gasteiger partial charge in [-0.25, -0.2) is 4.79 Å². The van der Waals surface area contributed by atoms with Crippen molar-refractivity contribution in [3.05, 3.63) is 0 Å². The van der Waals surface area contributed by atoms with Gasteiger partial charge in [-0.1, -0.05) is 16.8 Å². The third kappa shape index (κ3) is 2.08. The van der Waals surface area contributed by atoms with Crippen LogP contribution in [0.25, 0.3) is 0 Å². The molecule has 4 nitrogen and oxygen atoms in total. The molecule has 1 atom stereocenters. The number of hydrogen-bond acceptors (Lipinski definition) is 4. The maximum absolute atomic E-state index is 10.9. The Kier molecular flexibility index (Phi) is 2.70. The van der Waals surface area contributed by atoms with Crippen LogP contribution in [-0.4, -0.2) is 23.9 Å². The molecule has 1 aliphatic rings. The van der Waals surface area contributed by atoms with Gasteiger partial charge < -0.3 is 9.57 Å². The molecule has 5 heteroatoms. The van der Waals surface area contributed by atoms with E-state index in [4.69, 9.17) is 11.6 Å². The fraction of sp³-hybridized carbons (Fsp3) is 0.667. The van der Waals surface area contributed by atoms with Gasteiger partial charge in [-0.05, 0) is 6.92 Å². The second-order valence-corrected chi connectivity index (χ2v) is 2.45. The van der Waals surface area contributed by atoms with Crippen LogP contribution in [0, 0.1) is 0 Å². The normalized spacial score (nSPS) is 22.4. The summed E-state index contributed by atoms with van der Waals surface area (Å²) < 4.78 is 4.68. The Hall–Kier alpha value is -0.770. The van der Waals surface area contributed by atoms with Gasteiger partial charge in [0.15, 0.2) is 0 Å². The van der Waals surface area contributed by atoms with Gasteiger partial charge in [0.05, 0.1) is 13.0 Å². The van der Waals surface area contributed by atoms with Gasteiger partial charge in [0.25, 0.3) is 0 Å². The minimum Gasteiger partial charge on any atom is -0.463 e. The van der Waals surface area contributed by atoms with Crippen molar-refractivity contribution in [2.24, 2.45) is 5.16 Å². The second kappa shape index (κ2) is 3.57. The number of hydrogen-bond donors (Lipinski definition) is 0. The standard InChI is InChI=1S/C6H8ClNO3/c1-2-10-6(9)4-3-5(7)8-11-4/h4H,2-3H2,1H3. The summed E-state index contributed by atoms with van der Waals surface area (Å²) in [5.74, 6) is -0.410. The van der Waals surface area contributed by atoms with Crippen LogP contribution >= 0.6 is 11.6 Å². The summed E-state index contributed by atoms with van der Waals surface area (Å²) in [6.07, 6.45) is -0.317. The smallest absolute Gasteiger partial charge is 0.350 e. The Balaban J connectivity index is 2.34. The summed E-state index contributed by atoms with van der Waals surface area (Å²) in [4.78, 5) is 15.6. The molecule has 1 unspecified atom stereocenters. The monoisotopic (exact) mass is 177 g/mol. The van der Waals surface area contributed by atoms with Crippen LogP contribution in [0.15, 0.2) is 5.16 Å². The van der Waals surface area contributed by atoms with Crippen LogP contribution < -0.4 is 0 Å². The van der Waals surface area contributed by atoms with Gasteiger partial charge in [0.2, 0.25) is 6.10 Å². The fourth-order valence-electron chi connectivity index (χ4n) is 0.710. The van der Waals surface area contributed by atoms with Gasteiger partial charge in [-0.15, -0.1) is 0 Å². The van der Waals surface area contributed by atoms with Crippen molar-refractivity contribution in [1.29, 1.82) is 0 Å². The molecule has 1 heterocycles. The maximum Gasteiger partial charge on any atom is 0.350 e. The Morgan fingerprint density at radius 2 is 2.73 bits per heavy atom. The van der Waals surface area contributed by atoms with E-state index < -0.39 is 12.1 Å². The zero-order valence-electron chi connectivity index (χ0n) is 6.04. The second-order valence-electron chi connectivity index (χ2n) is 2.02. The number of carbonyl (C=O) groups excluding carboxylic acids is 1. The highest BCUT2D eigenvalue weighted by Crippen LogP contribution is 2.13. The van der Waals surface area contributed by atoms with Gasteiger partial charge in [0.1, 0.15) is 5.17 Å². The van der Waals surface area contributed by atoms with Crippen LogP contribution in [0.4, 0.5) is 0 Å². The van der Waals surface area contributed by atoms with Crippen LogP contribution in [0.1, 0.15) is 13.3 Å². The molecule has 0 aliphatic carbocycles. The molecule has 1 aliphatic heterocycles. The van der Waals surface area contributed by atoms with Crippen LogP contribution in [0.5, 0.6) is 0 Å². The summed E-state index contributed by atoms with van der Waals surface area (Å²) in [5, 5.41) is 3.71. The lowest BCUT2D eigenvalue weighted by molar-refractivity contribution is -0.154. The van der Waals surface area contributed by atoms with Crippen molar-refractivity contribution in [1.82, 2.24) is 0 Å². The molecule has 11 heavy (non-hydrogen) atoms. The SMILES string of the molecule is CCOC(=O)C1CC(Cl)=NO1. The molecule has 0 fully saturated rings. The summed E-state index contributed by atoms with van der Waals surface area (Å²) >= 11 is 5.47. The molecular formula is C6H8ClNO3. The first-order valence-electron chi connectivity index (χ1n) is 3.29. The van der Waals surface area contributed by atoms with Crippen molar-refractivity contribution in [3.8, 4) is 0 Å². The third-order valence-corrected chi connectivity index (χ3v) is 1.41. The van der Waals surface area contributed by atoms with E-state index in [0.717, 1.165) is 0 Å². The molecule has 0 saturated carbocycles. The highest BCUT2D eigenvalue weighted by Gasteiger charge is 2.28. The molecule has 0 aromatic rings. The Morgan fingerprint density at radius 3 is 3.18 bits per heavy atom. The van der Waals surface area contributed by atoms with Gasteiger partial charge in [-0.2, -0.15) is 0 Å². The predicted molar refractivity (Wildman–Crippen MR) is 39.4 cm³/mol. The molecular weight excluding hydrogens is 170 g/mol. The van der Waals surface area contributed by atoms with E-state index in [-0.39, 0.29) is 0 Å². The molecule has 0 spiro atoms.